The van der Waals surface area contributed by atoms with Crippen LogP contribution in [0.2, 0.25) is 0 Å². The van der Waals surface area contributed by atoms with Crippen LogP contribution in [0.15, 0.2) is 30.3 Å². The summed E-state index contributed by atoms with van der Waals surface area (Å²) in [6, 6.07) is 7.37. The second kappa shape index (κ2) is 8.22. The highest BCUT2D eigenvalue weighted by Crippen LogP contribution is 2.14. The zero-order valence-electron chi connectivity index (χ0n) is 13.5. The predicted octanol–water partition coefficient (Wildman–Crippen LogP) is 3.19. The minimum atomic E-state index is -0.512. The van der Waals surface area contributed by atoms with Crippen molar-refractivity contribution < 1.29 is 19.1 Å². The topological polar surface area (TPSA) is 64.6 Å². The van der Waals surface area contributed by atoms with Crippen molar-refractivity contribution in [2.75, 3.05) is 13.2 Å². The Labute approximate surface area is 131 Å². The molecular formula is C17H23NO4. The van der Waals surface area contributed by atoms with Crippen molar-refractivity contribution in [2.24, 2.45) is 0 Å². The summed E-state index contributed by atoms with van der Waals surface area (Å²) in [6.07, 6.45) is 2.77. The van der Waals surface area contributed by atoms with Gasteiger partial charge in [0.25, 0.3) is 0 Å². The number of amides is 1. The first kappa shape index (κ1) is 17.8. The molecule has 5 heteroatoms. The van der Waals surface area contributed by atoms with Gasteiger partial charge in [-0.3, -0.25) is 4.79 Å². The van der Waals surface area contributed by atoms with Crippen molar-refractivity contribution in [1.82, 2.24) is 5.32 Å². The Bertz CT molecular complexity index is 544. The maximum Gasteiger partial charge on any atom is 0.407 e. The molecule has 0 aliphatic heterocycles. The fourth-order valence-electron chi connectivity index (χ4n) is 1.56. The number of rotatable bonds is 6. The Morgan fingerprint density at radius 2 is 2.00 bits per heavy atom. The molecule has 0 aromatic heterocycles. The van der Waals surface area contributed by atoms with Crippen LogP contribution in [0.5, 0.6) is 5.75 Å². The molecule has 0 aliphatic carbocycles. The van der Waals surface area contributed by atoms with E-state index in [9.17, 15) is 9.59 Å². The number of allylic oxidation sites excluding steroid dienone is 1. The van der Waals surface area contributed by atoms with Gasteiger partial charge in [-0.15, -0.1) is 0 Å². The lowest BCUT2D eigenvalue weighted by atomic mass is 10.2. The first-order valence-corrected chi connectivity index (χ1v) is 7.14. The molecule has 22 heavy (non-hydrogen) atoms. The van der Waals surface area contributed by atoms with E-state index in [-0.39, 0.29) is 5.78 Å². The second-order valence-corrected chi connectivity index (χ2v) is 5.79. The summed E-state index contributed by atoms with van der Waals surface area (Å²) in [7, 11) is 0. The summed E-state index contributed by atoms with van der Waals surface area (Å²) in [5.74, 6) is 0.671. The molecule has 1 aromatic rings. The largest absolute Gasteiger partial charge is 0.492 e. The minimum Gasteiger partial charge on any atom is -0.492 e. The molecule has 0 unspecified atom stereocenters. The van der Waals surface area contributed by atoms with Crippen molar-refractivity contribution in [3.8, 4) is 5.75 Å². The van der Waals surface area contributed by atoms with Crippen LogP contribution in [-0.4, -0.2) is 30.6 Å². The molecule has 0 saturated heterocycles. The molecule has 0 bridgehead atoms. The molecule has 0 radical (unpaired) electrons. The molecule has 0 fully saturated rings. The standard InChI is InChI=1S/C17H23NO4/c1-13(19)8-9-14-6-5-7-15(12-14)21-11-10-18-16(20)22-17(2,3)4/h5-9,12H,10-11H2,1-4H3,(H,18,20)/b9-8+. The lowest BCUT2D eigenvalue weighted by Crippen LogP contribution is -2.34. The quantitative estimate of drug-likeness (QED) is 0.647. The number of hydrogen-bond donors (Lipinski definition) is 1. The third-order valence-corrected chi connectivity index (χ3v) is 2.41. The molecule has 0 atom stereocenters. The average Bonchev–Trinajstić information content (AvgIpc) is 2.40. The van der Waals surface area contributed by atoms with Gasteiger partial charge in [-0.25, -0.2) is 4.79 Å². The van der Waals surface area contributed by atoms with Crippen LogP contribution in [0, 0.1) is 0 Å². The van der Waals surface area contributed by atoms with Gasteiger partial charge >= 0.3 is 6.09 Å². The third-order valence-electron chi connectivity index (χ3n) is 2.41. The number of ether oxygens (including phenoxy) is 2. The van der Waals surface area contributed by atoms with Crippen LogP contribution in [0.4, 0.5) is 4.79 Å². The van der Waals surface area contributed by atoms with Crippen molar-refractivity contribution in [2.45, 2.75) is 33.3 Å². The highest BCUT2D eigenvalue weighted by Gasteiger charge is 2.15. The maximum atomic E-state index is 11.4. The van der Waals surface area contributed by atoms with Crippen LogP contribution in [0.3, 0.4) is 0 Å². The smallest absolute Gasteiger partial charge is 0.407 e. The highest BCUT2D eigenvalue weighted by molar-refractivity contribution is 5.91. The summed E-state index contributed by atoms with van der Waals surface area (Å²) >= 11 is 0. The van der Waals surface area contributed by atoms with E-state index in [2.05, 4.69) is 5.32 Å². The number of nitrogens with one attached hydrogen (secondary N) is 1. The monoisotopic (exact) mass is 305 g/mol. The van der Waals surface area contributed by atoms with E-state index in [1.54, 1.807) is 6.08 Å². The molecule has 0 heterocycles. The summed E-state index contributed by atoms with van der Waals surface area (Å²) in [5, 5.41) is 2.62. The first-order chi connectivity index (χ1) is 10.3. The maximum absolute atomic E-state index is 11.4. The Kier molecular flexibility index (Phi) is 6.63. The first-order valence-electron chi connectivity index (χ1n) is 7.14. The van der Waals surface area contributed by atoms with Crippen LogP contribution in [0.25, 0.3) is 6.08 Å². The second-order valence-electron chi connectivity index (χ2n) is 5.79. The zero-order chi connectivity index (χ0) is 16.6. The number of benzene rings is 1. The molecule has 1 N–H and O–H groups in total. The van der Waals surface area contributed by atoms with E-state index in [1.807, 2.05) is 45.0 Å². The number of carbonyl (C=O) groups excluding carboxylic acids is 2. The molecule has 5 nitrogen and oxygen atoms in total. The van der Waals surface area contributed by atoms with E-state index in [1.165, 1.54) is 13.0 Å². The third kappa shape index (κ3) is 8.09. The summed E-state index contributed by atoms with van der Waals surface area (Å²) in [4.78, 5) is 22.3. The molecule has 1 amide bonds. The van der Waals surface area contributed by atoms with Gasteiger partial charge in [-0.1, -0.05) is 18.2 Å². The fourth-order valence-corrected chi connectivity index (χ4v) is 1.56. The normalized spacial score (nSPS) is 11.3. The van der Waals surface area contributed by atoms with Gasteiger partial charge in [-0.2, -0.15) is 0 Å². The van der Waals surface area contributed by atoms with Crippen LogP contribution in [0.1, 0.15) is 33.3 Å². The Balaban J connectivity index is 2.38. The molecule has 0 saturated carbocycles. The number of alkyl carbamates (subject to hydrolysis) is 1. The minimum absolute atomic E-state index is 0.00659. The van der Waals surface area contributed by atoms with Crippen molar-refractivity contribution in [1.29, 1.82) is 0 Å². The van der Waals surface area contributed by atoms with Gasteiger partial charge in [0.2, 0.25) is 0 Å². The van der Waals surface area contributed by atoms with Gasteiger partial charge in [0.1, 0.15) is 18.0 Å². The molecule has 0 spiro atoms. The number of carbonyl (C=O) groups is 2. The average molecular weight is 305 g/mol. The van der Waals surface area contributed by atoms with E-state index in [4.69, 9.17) is 9.47 Å². The zero-order valence-corrected chi connectivity index (χ0v) is 13.5. The molecule has 1 aromatic carbocycles. The van der Waals surface area contributed by atoms with Crippen LogP contribution < -0.4 is 10.1 Å². The van der Waals surface area contributed by atoms with E-state index in [0.717, 1.165) is 5.56 Å². The van der Waals surface area contributed by atoms with Crippen molar-refractivity contribution in [3.63, 3.8) is 0 Å². The van der Waals surface area contributed by atoms with Gasteiger partial charge in [0.05, 0.1) is 6.54 Å². The summed E-state index contributed by atoms with van der Waals surface area (Å²) in [5.41, 5.74) is 0.371. The summed E-state index contributed by atoms with van der Waals surface area (Å²) < 4.78 is 10.7. The summed E-state index contributed by atoms with van der Waals surface area (Å²) in [6.45, 7) is 7.61. The lowest BCUT2D eigenvalue weighted by Gasteiger charge is -2.19. The highest BCUT2D eigenvalue weighted by atomic mass is 16.6. The van der Waals surface area contributed by atoms with E-state index < -0.39 is 11.7 Å². The van der Waals surface area contributed by atoms with Crippen LogP contribution in [-0.2, 0) is 9.53 Å². The van der Waals surface area contributed by atoms with Crippen LogP contribution >= 0.6 is 0 Å². The molecule has 1 rings (SSSR count). The van der Waals surface area contributed by atoms with Gasteiger partial charge in [-0.05, 0) is 51.5 Å². The molecular weight excluding hydrogens is 282 g/mol. The fraction of sp³-hybridized carbons (Fsp3) is 0.412. The van der Waals surface area contributed by atoms with Gasteiger partial charge < -0.3 is 14.8 Å². The van der Waals surface area contributed by atoms with E-state index in [0.29, 0.717) is 18.9 Å². The number of hydrogen-bond acceptors (Lipinski definition) is 4. The van der Waals surface area contributed by atoms with Gasteiger partial charge in [0.15, 0.2) is 5.78 Å². The number of ketones is 1. The van der Waals surface area contributed by atoms with Crippen molar-refractivity contribution >= 4 is 18.0 Å². The SMILES string of the molecule is CC(=O)/C=C/c1cccc(OCCNC(=O)OC(C)(C)C)c1. The lowest BCUT2D eigenvalue weighted by molar-refractivity contribution is -0.112. The van der Waals surface area contributed by atoms with E-state index >= 15 is 0 Å². The van der Waals surface area contributed by atoms with Crippen molar-refractivity contribution in [3.05, 3.63) is 35.9 Å². The Morgan fingerprint density at radius 1 is 1.27 bits per heavy atom. The Morgan fingerprint density at radius 3 is 2.64 bits per heavy atom. The molecule has 120 valence electrons. The Hall–Kier alpha value is -2.30. The van der Waals surface area contributed by atoms with Gasteiger partial charge in [0, 0.05) is 0 Å². The molecule has 0 aliphatic rings. The predicted molar refractivity (Wildman–Crippen MR) is 85.9 cm³/mol.